The van der Waals surface area contributed by atoms with Crippen LogP contribution in [0, 0.1) is 0 Å². The summed E-state index contributed by atoms with van der Waals surface area (Å²) >= 11 is 0. The predicted molar refractivity (Wildman–Crippen MR) is 46.2 cm³/mol. The molecule has 0 radical (unpaired) electrons. The Balaban J connectivity index is 2.29. The van der Waals surface area contributed by atoms with E-state index in [2.05, 4.69) is 0 Å². The highest BCUT2D eigenvalue weighted by atomic mass is 32.3. The van der Waals surface area contributed by atoms with Gasteiger partial charge in [0.25, 0.3) is 0 Å². The molecule has 1 aromatic rings. The minimum Gasteiger partial charge on any atom is -0.454 e. The summed E-state index contributed by atoms with van der Waals surface area (Å²) in [7, 11) is -4.74. The van der Waals surface area contributed by atoms with Crippen LogP contribution in [0.3, 0.4) is 0 Å². The molecular weight excluding hydrogens is 213 g/mol. The van der Waals surface area contributed by atoms with Gasteiger partial charge in [0.2, 0.25) is 6.79 Å². The number of nitrogens with one attached hydrogen (secondary N) is 1. The van der Waals surface area contributed by atoms with Crippen molar-refractivity contribution in [2.24, 2.45) is 0 Å². The van der Waals surface area contributed by atoms with Gasteiger partial charge in [-0.1, -0.05) is 3.89 Å². The van der Waals surface area contributed by atoms with Crippen LogP contribution in [0.15, 0.2) is 18.2 Å². The average molecular weight is 219 g/mol. The van der Waals surface area contributed by atoms with E-state index in [1.807, 2.05) is 0 Å². The average Bonchev–Trinajstić information content (AvgIpc) is 2.47. The second kappa shape index (κ2) is 3.02. The quantitative estimate of drug-likeness (QED) is 0.755. The van der Waals surface area contributed by atoms with E-state index >= 15 is 0 Å². The van der Waals surface area contributed by atoms with Gasteiger partial charge in [-0.15, -0.1) is 0 Å². The Morgan fingerprint density at radius 2 is 2.00 bits per heavy atom. The Morgan fingerprint density at radius 3 is 2.71 bits per heavy atom. The molecule has 0 aromatic heterocycles. The normalized spacial score (nSPS) is 14.1. The highest BCUT2D eigenvalue weighted by molar-refractivity contribution is 7.87. The molecular formula is C7H6FNO4S. The van der Waals surface area contributed by atoms with E-state index in [-0.39, 0.29) is 12.5 Å². The first kappa shape index (κ1) is 9.07. The van der Waals surface area contributed by atoms with Crippen molar-refractivity contribution in [2.45, 2.75) is 0 Å². The molecule has 0 saturated heterocycles. The fourth-order valence-electron chi connectivity index (χ4n) is 1.10. The largest absolute Gasteiger partial charge is 0.454 e. The van der Waals surface area contributed by atoms with Gasteiger partial charge in [0.15, 0.2) is 11.5 Å². The minimum atomic E-state index is -4.74. The fourth-order valence-corrected chi connectivity index (χ4v) is 1.51. The summed E-state index contributed by atoms with van der Waals surface area (Å²) in [5.74, 6) is 0.894. The van der Waals surface area contributed by atoms with Gasteiger partial charge in [-0.05, 0) is 12.1 Å². The summed E-state index contributed by atoms with van der Waals surface area (Å²) in [6.45, 7) is 0.0845. The number of fused-ring (bicyclic) bond motifs is 1. The molecule has 0 saturated carbocycles. The molecule has 0 fully saturated rings. The second-order valence-corrected chi connectivity index (χ2v) is 3.69. The van der Waals surface area contributed by atoms with Gasteiger partial charge in [-0.25, -0.2) is 0 Å². The third kappa shape index (κ3) is 1.87. The lowest BCUT2D eigenvalue weighted by Crippen LogP contribution is -2.04. The van der Waals surface area contributed by atoms with E-state index in [0.717, 1.165) is 0 Å². The van der Waals surface area contributed by atoms with Gasteiger partial charge in [0.05, 0.1) is 5.69 Å². The third-order valence-electron chi connectivity index (χ3n) is 1.61. The molecule has 1 heterocycles. The van der Waals surface area contributed by atoms with Crippen LogP contribution >= 0.6 is 0 Å². The zero-order valence-corrected chi connectivity index (χ0v) is 7.67. The van der Waals surface area contributed by atoms with Crippen molar-refractivity contribution in [3.63, 3.8) is 0 Å². The molecule has 0 aliphatic carbocycles. The zero-order valence-electron chi connectivity index (χ0n) is 6.86. The van der Waals surface area contributed by atoms with Crippen molar-refractivity contribution >= 4 is 16.1 Å². The molecule has 1 aliphatic heterocycles. The van der Waals surface area contributed by atoms with Crippen LogP contribution in [0.25, 0.3) is 0 Å². The fraction of sp³-hybridized carbons (Fsp3) is 0.143. The van der Waals surface area contributed by atoms with E-state index in [1.165, 1.54) is 18.2 Å². The zero-order chi connectivity index (χ0) is 10.2. The Kier molecular flexibility index (Phi) is 1.95. The number of hydrogen-bond acceptors (Lipinski definition) is 4. The molecule has 76 valence electrons. The van der Waals surface area contributed by atoms with Crippen molar-refractivity contribution in [3.05, 3.63) is 18.2 Å². The summed E-state index contributed by atoms with van der Waals surface area (Å²) in [4.78, 5) is 0. The van der Waals surface area contributed by atoms with Crippen LogP contribution in [-0.4, -0.2) is 15.2 Å². The Hall–Kier alpha value is -1.50. The third-order valence-corrected chi connectivity index (χ3v) is 2.09. The molecule has 0 spiro atoms. The number of rotatable bonds is 2. The van der Waals surface area contributed by atoms with E-state index < -0.39 is 10.4 Å². The maximum Gasteiger partial charge on any atom is 0.396 e. The predicted octanol–water partition coefficient (Wildman–Crippen LogP) is 1.04. The van der Waals surface area contributed by atoms with Crippen LogP contribution in [0.1, 0.15) is 0 Å². The minimum absolute atomic E-state index is 0.0845. The Morgan fingerprint density at radius 1 is 1.29 bits per heavy atom. The second-order valence-electron chi connectivity index (χ2n) is 2.61. The van der Waals surface area contributed by atoms with Crippen LogP contribution in [0.4, 0.5) is 9.57 Å². The number of halogens is 1. The molecule has 0 bridgehead atoms. The number of anilines is 1. The summed E-state index contributed by atoms with van der Waals surface area (Å²) in [5, 5.41) is 0. The van der Waals surface area contributed by atoms with Gasteiger partial charge < -0.3 is 9.47 Å². The molecule has 0 unspecified atom stereocenters. The van der Waals surface area contributed by atoms with Crippen molar-refractivity contribution in [3.8, 4) is 11.5 Å². The van der Waals surface area contributed by atoms with E-state index in [4.69, 9.17) is 9.47 Å². The molecule has 0 atom stereocenters. The molecule has 2 rings (SSSR count). The summed E-state index contributed by atoms with van der Waals surface area (Å²) in [6.07, 6.45) is 0. The van der Waals surface area contributed by atoms with Gasteiger partial charge in [0, 0.05) is 6.07 Å². The molecule has 1 aliphatic rings. The summed E-state index contributed by atoms with van der Waals surface area (Å²) < 4.78 is 44.4. The van der Waals surface area contributed by atoms with Crippen LogP contribution in [0.2, 0.25) is 0 Å². The monoisotopic (exact) mass is 219 g/mol. The topological polar surface area (TPSA) is 64.6 Å². The Bertz CT molecular complexity index is 459. The lowest BCUT2D eigenvalue weighted by molar-refractivity contribution is 0.174. The summed E-state index contributed by atoms with van der Waals surface area (Å²) in [6, 6.07) is 4.22. The number of benzene rings is 1. The van der Waals surface area contributed by atoms with E-state index in [1.54, 1.807) is 4.72 Å². The van der Waals surface area contributed by atoms with E-state index in [0.29, 0.717) is 11.5 Å². The molecule has 7 heteroatoms. The van der Waals surface area contributed by atoms with Gasteiger partial charge in [-0.2, -0.15) is 8.42 Å². The van der Waals surface area contributed by atoms with Gasteiger partial charge >= 0.3 is 10.4 Å². The molecule has 14 heavy (non-hydrogen) atoms. The summed E-state index contributed by atoms with van der Waals surface area (Å²) in [5.41, 5.74) is 0.0942. The smallest absolute Gasteiger partial charge is 0.396 e. The highest BCUT2D eigenvalue weighted by Gasteiger charge is 2.15. The molecule has 1 N–H and O–H groups in total. The van der Waals surface area contributed by atoms with Crippen molar-refractivity contribution in [1.29, 1.82) is 0 Å². The van der Waals surface area contributed by atoms with Crippen LogP contribution in [0.5, 0.6) is 11.5 Å². The molecule has 1 aromatic carbocycles. The standard InChI is InChI=1S/C7H6FNO4S/c8-14(10,11)9-5-1-2-6-7(3-5)13-4-12-6/h1-3,9H,4H2. The van der Waals surface area contributed by atoms with Gasteiger partial charge in [-0.3, -0.25) is 4.72 Å². The van der Waals surface area contributed by atoms with Gasteiger partial charge in [0.1, 0.15) is 0 Å². The van der Waals surface area contributed by atoms with Crippen molar-refractivity contribution in [1.82, 2.24) is 0 Å². The first-order valence-corrected chi connectivity index (χ1v) is 5.05. The lowest BCUT2D eigenvalue weighted by Gasteiger charge is -2.01. The van der Waals surface area contributed by atoms with Crippen molar-refractivity contribution in [2.75, 3.05) is 11.5 Å². The highest BCUT2D eigenvalue weighted by Crippen LogP contribution is 2.34. The molecule has 0 amide bonds. The number of hydrogen-bond donors (Lipinski definition) is 1. The first-order valence-electron chi connectivity index (χ1n) is 3.67. The number of ether oxygens (including phenoxy) is 2. The van der Waals surface area contributed by atoms with Crippen LogP contribution in [-0.2, 0) is 10.4 Å². The molecule has 5 nitrogen and oxygen atoms in total. The first-order chi connectivity index (χ1) is 6.54. The van der Waals surface area contributed by atoms with Crippen molar-refractivity contribution < 1.29 is 21.8 Å². The maximum absolute atomic E-state index is 12.2. The van der Waals surface area contributed by atoms with E-state index in [9.17, 15) is 12.3 Å². The van der Waals surface area contributed by atoms with Crippen LogP contribution < -0.4 is 14.2 Å². The lowest BCUT2D eigenvalue weighted by atomic mass is 10.3. The Labute approximate surface area is 79.8 Å². The SMILES string of the molecule is O=S(=O)(F)Nc1ccc2c(c1)OCO2. The maximum atomic E-state index is 12.2.